The molecule has 190 valence electrons. The minimum absolute atomic E-state index is 0.107. The van der Waals surface area contributed by atoms with Crippen LogP contribution < -0.4 is 4.90 Å². The summed E-state index contributed by atoms with van der Waals surface area (Å²) >= 11 is 0. The first kappa shape index (κ1) is 24.3. The van der Waals surface area contributed by atoms with Gasteiger partial charge in [-0.25, -0.2) is 19.0 Å². The Morgan fingerprint density at radius 1 is 1.08 bits per heavy atom. The molecule has 0 bridgehead atoms. The van der Waals surface area contributed by atoms with E-state index in [1.807, 2.05) is 6.92 Å². The Labute approximate surface area is 212 Å². The van der Waals surface area contributed by atoms with Gasteiger partial charge in [-0.1, -0.05) is 13.0 Å². The van der Waals surface area contributed by atoms with E-state index in [2.05, 4.69) is 11.8 Å². The maximum Gasteiger partial charge on any atom is 0.270 e. The minimum Gasteiger partial charge on any atom is -0.352 e. The van der Waals surface area contributed by atoms with Crippen LogP contribution in [0.5, 0.6) is 0 Å². The topological polar surface area (TPSA) is 110 Å². The van der Waals surface area contributed by atoms with Crippen LogP contribution in [-0.4, -0.2) is 61.7 Å². The Hall–Kier alpha value is -4.41. The molecule has 1 saturated heterocycles. The van der Waals surface area contributed by atoms with Gasteiger partial charge in [-0.15, -0.1) is 0 Å². The Kier molecular flexibility index (Phi) is 6.51. The molecule has 1 fully saturated rings. The highest BCUT2D eigenvalue weighted by Crippen LogP contribution is 2.30. The highest BCUT2D eigenvalue weighted by atomic mass is 19.1. The molecule has 1 amide bonds. The fraction of sp³-hybridized carbons (Fsp3) is 0.308. The van der Waals surface area contributed by atoms with Gasteiger partial charge in [-0.2, -0.15) is 5.10 Å². The van der Waals surface area contributed by atoms with Gasteiger partial charge in [0, 0.05) is 50.3 Å². The number of carbonyl (C=O) groups is 1. The second-order valence-corrected chi connectivity index (χ2v) is 8.97. The molecule has 0 radical (unpaired) electrons. The second-order valence-electron chi connectivity index (χ2n) is 8.97. The summed E-state index contributed by atoms with van der Waals surface area (Å²) in [6.07, 6.45) is 1.57. The Bertz CT molecular complexity index is 1480. The summed E-state index contributed by atoms with van der Waals surface area (Å²) in [6.45, 7) is 5.94. The number of fused-ring (bicyclic) bond motifs is 1. The average molecular weight is 504 g/mol. The van der Waals surface area contributed by atoms with Gasteiger partial charge in [-0.05, 0) is 43.7 Å². The number of nitro groups is 1. The number of nitro benzene ring substituents is 1. The first-order chi connectivity index (χ1) is 17.9. The third-order valence-corrected chi connectivity index (χ3v) is 6.44. The normalized spacial score (nSPS) is 13.8. The van der Waals surface area contributed by atoms with Crippen LogP contribution in [0, 0.1) is 22.9 Å². The third-order valence-electron chi connectivity index (χ3n) is 6.44. The Morgan fingerprint density at radius 3 is 2.49 bits per heavy atom. The first-order valence-corrected chi connectivity index (χ1v) is 12.2. The van der Waals surface area contributed by atoms with E-state index in [1.165, 1.54) is 30.3 Å². The second kappa shape index (κ2) is 9.92. The van der Waals surface area contributed by atoms with Gasteiger partial charge in [0.2, 0.25) is 0 Å². The van der Waals surface area contributed by atoms with Crippen LogP contribution >= 0.6 is 0 Å². The number of piperazine rings is 1. The predicted molar refractivity (Wildman–Crippen MR) is 137 cm³/mol. The van der Waals surface area contributed by atoms with Gasteiger partial charge < -0.3 is 9.80 Å². The monoisotopic (exact) mass is 503 g/mol. The molecule has 0 saturated carbocycles. The number of nitrogens with zero attached hydrogens (tertiary/aromatic N) is 7. The summed E-state index contributed by atoms with van der Waals surface area (Å²) in [7, 11) is 0. The number of halogens is 1. The largest absolute Gasteiger partial charge is 0.352 e. The van der Waals surface area contributed by atoms with Crippen molar-refractivity contribution in [1.29, 1.82) is 0 Å². The van der Waals surface area contributed by atoms with Gasteiger partial charge >= 0.3 is 0 Å². The van der Waals surface area contributed by atoms with E-state index in [0.717, 1.165) is 23.3 Å². The Morgan fingerprint density at radius 2 is 1.81 bits per heavy atom. The molecule has 11 heteroatoms. The molecule has 1 aliphatic rings. The van der Waals surface area contributed by atoms with Crippen molar-refractivity contribution >= 4 is 28.4 Å². The summed E-state index contributed by atoms with van der Waals surface area (Å²) in [5.41, 5.74) is 2.32. The average Bonchev–Trinajstić information content (AvgIpc) is 3.24. The summed E-state index contributed by atoms with van der Waals surface area (Å²) in [5.74, 6) is 0.907. The van der Waals surface area contributed by atoms with E-state index in [9.17, 15) is 19.3 Å². The predicted octanol–water partition coefficient (Wildman–Crippen LogP) is 4.09. The molecule has 3 heterocycles. The van der Waals surface area contributed by atoms with E-state index in [-0.39, 0.29) is 17.4 Å². The zero-order valence-electron chi connectivity index (χ0n) is 20.6. The van der Waals surface area contributed by atoms with E-state index in [4.69, 9.17) is 15.1 Å². The number of aromatic nitrogens is 4. The van der Waals surface area contributed by atoms with Crippen LogP contribution in [-0.2, 0) is 6.42 Å². The number of benzene rings is 2. The van der Waals surface area contributed by atoms with Crippen molar-refractivity contribution < 1.29 is 14.1 Å². The van der Waals surface area contributed by atoms with Crippen LogP contribution in [0.4, 0.5) is 15.9 Å². The minimum atomic E-state index is -0.503. The molecule has 1 aliphatic heterocycles. The molecular weight excluding hydrogens is 477 g/mol. The van der Waals surface area contributed by atoms with Crippen LogP contribution in [0.3, 0.4) is 0 Å². The van der Waals surface area contributed by atoms with Crippen LogP contribution in [0.2, 0.25) is 0 Å². The summed E-state index contributed by atoms with van der Waals surface area (Å²) in [4.78, 5) is 37.1. The van der Waals surface area contributed by atoms with Crippen molar-refractivity contribution in [3.8, 4) is 5.69 Å². The lowest BCUT2D eigenvalue weighted by Gasteiger charge is -2.35. The van der Waals surface area contributed by atoms with E-state index in [0.29, 0.717) is 55.3 Å². The number of aryl methyl sites for hydroxylation is 2. The van der Waals surface area contributed by atoms with Crippen molar-refractivity contribution in [2.45, 2.75) is 26.7 Å². The molecule has 5 rings (SSSR count). The van der Waals surface area contributed by atoms with Crippen molar-refractivity contribution in [2.24, 2.45) is 0 Å². The molecular formula is C26H26FN7O3. The lowest BCUT2D eigenvalue weighted by atomic mass is 10.1. The lowest BCUT2D eigenvalue weighted by Crippen LogP contribution is -2.49. The van der Waals surface area contributed by atoms with Gasteiger partial charge in [0.1, 0.15) is 17.5 Å². The zero-order chi connectivity index (χ0) is 26.1. The number of amides is 1. The smallest absolute Gasteiger partial charge is 0.270 e. The molecule has 2 aromatic heterocycles. The quantitative estimate of drug-likeness (QED) is 0.288. The van der Waals surface area contributed by atoms with Crippen molar-refractivity contribution in [1.82, 2.24) is 24.6 Å². The number of anilines is 1. The molecule has 0 spiro atoms. The molecule has 4 aromatic rings. The zero-order valence-corrected chi connectivity index (χ0v) is 20.6. The molecule has 2 aromatic carbocycles. The maximum atomic E-state index is 13.5. The standard InChI is InChI=1S/C26H26FN7O3/c1-3-5-22-28-24(23-17(2)30-33(25(23)29-22)20-10-8-19(27)9-11-20)31-12-14-32(15-13-31)26(35)18-6-4-7-21(16-18)34(36)37/h4,6-11,16H,3,5,12-15H2,1-2H3. The summed E-state index contributed by atoms with van der Waals surface area (Å²) in [5, 5.41) is 16.6. The lowest BCUT2D eigenvalue weighted by molar-refractivity contribution is -0.384. The number of non-ortho nitro benzene ring substituents is 1. The number of carbonyl (C=O) groups excluding carboxylic acids is 1. The van der Waals surface area contributed by atoms with Crippen LogP contribution in [0.15, 0.2) is 48.5 Å². The number of hydrogen-bond acceptors (Lipinski definition) is 7. The van der Waals surface area contributed by atoms with E-state index >= 15 is 0 Å². The van der Waals surface area contributed by atoms with Gasteiger partial charge in [0.05, 0.1) is 21.7 Å². The van der Waals surface area contributed by atoms with E-state index in [1.54, 1.807) is 27.8 Å². The van der Waals surface area contributed by atoms with Crippen molar-refractivity contribution in [3.05, 3.63) is 81.5 Å². The maximum absolute atomic E-state index is 13.5. The SMILES string of the molecule is CCCc1nc(N2CCN(C(=O)c3cccc([N+](=O)[O-])c3)CC2)c2c(C)nn(-c3ccc(F)cc3)c2n1. The third kappa shape index (κ3) is 4.72. The molecule has 37 heavy (non-hydrogen) atoms. The number of rotatable bonds is 6. The van der Waals surface area contributed by atoms with E-state index < -0.39 is 4.92 Å². The van der Waals surface area contributed by atoms with Gasteiger partial charge in [-0.3, -0.25) is 14.9 Å². The molecule has 10 nitrogen and oxygen atoms in total. The molecule has 0 aliphatic carbocycles. The molecule has 0 unspecified atom stereocenters. The molecule has 0 N–H and O–H groups in total. The van der Waals surface area contributed by atoms with Crippen LogP contribution in [0.25, 0.3) is 16.7 Å². The fourth-order valence-corrected chi connectivity index (χ4v) is 4.59. The van der Waals surface area contributed by atoms with Gasteiger partial charge in [0.15, 0.2) is 5.65 Å². The Balaban J connectivity index is 1.45. The number of hydrogen-bond donors (Lipinski definition) is 0. The van der Waals surface area contributed by atoms with Crippen molar-refractivity contribution in [2.75, 3.05) is 31.1 Å². The van der Waals surface area contributed by atoms with Gasteiger partial charge in [0.25, 0.3) is 11.6 Å². The van der Waals surface area contributed by atoms with Crippen LogP contribution in [0.1, 0.15) is 35.2 Å². The summed E-state index contributed by atoms with van der Waals surface area (Å²) in [6, 6.07) is 11.9. The highest BCUT2D eigenvalue weighted by molar-refractivity contribution is 5.95. The first-order valence-electron chi connectivity index (χ1n) is 12.2. The molecule has 0 atom stereocenters. The highest BCUT2D eigenvalue weighted by Gasteiger charge is 2.27. The van der Waals surface area contributed by atoms with Crippen molar-refractivity contribution in [3.63, 3.8) is 0 Å². The summed E-state index contributed by atoms with van der Waals surface area (Å²) < 4.78 is 15.2. The fourth-order valence-electron chi connectivity index (χ4n) is 4.59.